The van der Waals surface area contributed by atoms with E-state index < -0.39 is 0 Å². The van der Waals surface area contributed by atoms with Gasteiger partial charge in [-0.05, 0) is 17.9 Å². The van der Waals surface area contributed by atoms with Crippen LogP contribution in [0.3, 0.4) is 0 Å². The summed E-state index contributed by atoms with van der Waals surface area (Å²) in [4.78, 5) is 10.7. The molecule has 2 N–H and O–H groups in total. The number of hydrogen-bond acceptors (Lipinski definition) is 4. The molecule has 60 valence electrons. The maximum Gasteiger partial charge on any atom is 0.293 e. The fraction of sp³-hybridized carbons (Fsp3) is 0.286. The Kier molecular flexibility index (Phi) is 2.48. The third kappa shape index (κ3) is 1.71. The van der Waals surface area contributed by atoms with E-state index in [-0.39, 0.29) is 6.61 Å². The number of carbonyl (C=O) groups excluding carboxylic acids is 1. The Bertz CT molecular complexity index is 257. The molecule has 0 spiro atoms. The van der Waals surface area contributed by atoms with E-state index in [0.29, 0.717) is 6.47 Å². The van der Waals surface area contributed by atoms with Crippen molar-refractivity contribution in [3.63, 3.8) is 0 Å². The largest absolute Gasteiger partial charge is 0.462 e. The van der Waals surface area contributed by atoms with Crippen molar-refractivity contribution >= 4 is 23.5 Å². The molecule has 0 saturated carbocycles. The van der Waals surface area contributed by atoms with Crippen LogP contribution in [0.5, 0.6) is 0 Å². The lowest BCUT2D eigenvalue weighted by Crippen LogP contribution is -1.93. The van der Waals surface area contributed by atoms with Gasteiger partial charge in [-0.2, -0.15) is 0 Å². The summed E-state index contributed by atoms with van der Waals surface area (Å²) >= 11 is 1.51. The number of ether oxygens (including phenoxy) is 1. The SMILES string of the molecule is Cc1csc(COC=O)c1N. The van der Waals surface area contributed by atoms with Crippen LogP contribution in [0.25, 0.3) is 0 Å². The highest BCUT2D eigenvalue weighted by molar-refractivity contribution is 7.10. The summed E-state index contributed by atoms with van der Waals surface area (Å²) in [6.07, 6.45) is 0. The summed E-state index contributed by atoms with van der Waals surface area (Å²) in [5.41, 5.74) is 7.43. The second-order valence-corrected chi connectivity index (χ2v) is 3.13. The van der Waals surface area contributed by atoms with Crippen molar-refractivity contribution in [1.29, 1.82) is 0 Å². The van der Waals surface area contributed by atoms with E-state index in [1.807, 2.05) is 12.3 Å². The predicted octanol–water partition coefficient (Wildman–Crippen LogP) is 1.31. The molecule has 0 aliphatic rings. The Morgan fingerprint density at radius 2 is 2.55 bits per heavy atom. The molecule has 0 amide bonds. The van der Waals surface area contributed by atoms with E-state index in [1.54, 1.807) is 0 Å². The maximum absolute atomic E-state index is 9.84. The second-order valence-electron chi connectivity index (χ2n) is 2.16. The van der Waals surface area contributed by atoms with Crippen molar-refractivity contribution in [2.75, 3.05) is 5.73 Å². The Labute approximate surface area is 68.8 Å². The molecular weight excluding hydrogens is 162 g/mol. The standard InChI is InChI=1S/C7H9NO2S/c1-5-3-11-6(7(5)8)2-10-4-9/h3-4H,2,8H2,1H3. The highest BCUT2D eigenvalue weighted by atomic mass is 32.1. The third-order valence-corrected chi connectivity index (χ3v) is 2.48. The summed E-state index contributed by atoms with van der Waals surface area (Å²) < 4.78 is 4.56. The van der Waals surface area contributed by atoms with Gasteiger partial charge in [0, 0.05) is 0 Å². The van der Waals surface area contributed by atoms with Crippen LogP contribution in [-0.2, 0) is 16.1 Å². The molecule has 0 aliphatic heterocycles. The van der Waals surface area contributed by atoms with E-state index >= 15 is 0 Å². The van der Waals surface area contributed by atoms with Gasteiger partial charge in [0.25, 0.3) is 6.47 Å². The molecule has 11 heavy (non-hydrogen) atoms. The molecule has 4 heteroatoms. The molecule has 1 aromatic heterocycles. The van der Waals surface area contributed by atoms with Crippen LogP contribution >= 0.6 is 11.3 Å². The highest BCUT2D eigenvalue weighted by Crippen LogP contribution is 2.24. The third-order valence-electron chi connectivity index (χ3n) is 1.39. The molecule has 0 radical (unpaired) electrons. The van der Waals surface area contributed by atoms with E-state index in [2.05, 4.69) is 4.74 Å². The number of thiophene rings is 1. The molecule has 0 atom stereocenters. The molecule has 3 nitrogen and oxygen atoms in total. The number of rotatable bonds is 3. The van der Waals surface area contributed by atoms with Gasteiger partial charge < -0.3 is 10.5 Å². The molecule has 0 unspecified atom stereocenters. The van der Waals surface area contributed by atoms with Gasteiger partial charge in [-0.25, -0.2) is 0 Å². The zero-order valence-electron chi connectivity index (χ0n) is 6.16. The van der Waals surface area contributed by atoms with Crippen LogP contribution in [0.15, 0.2) is 5.38 Å². The first-order chi connectivity index (χ1) is 5.25. The molecule has 0 bridgehead atoms. The van der Waals surface area contributed by atoms with Gasteiger partial charge in [0.1, 0.15) is 6.61 Å². The summed E-state index contributed by atoms with van der Waals surface area (Å²) in [5.74, 6) is 0. The first kappa shape index (κ1) is 8.07. The van der Waals surface area contributed by atoms with Crippen molar-refractivity contribution in [3.8, 4) is 0 Å². The number of nitrogens with two attached hydrogens (primary N) is 1. The summed E-state index contributed by atoms with van der Waals surface area (Å²) in [6.45, 7) is 2.64. The molecule has 0 saturated heterocycles. The van der Waals surface area contributed by atoms with E-state index in [1.165, 1.54) is 11.3 Å². The normalized spacial score (nSPS) is 9.55. The Morgan fingerprint density at radius 3 is 3.00 bits per heavy atom. The Hall–Kier alpha value is -1.03. The van der Waals surface area contributed by atoms with E-state index in [9.17, 15) is 4.79 Å². The minimum absolute atomic E-state index is 0.286. The van der Waals surface area contributed by atoms with Crippen LogP contribution in [0.4, 0.5) is 5.69 Å². The Morgan fingerprint density at radius 1 is 1.82 bits per heavy atom. The Balaban J connectivity index is 2.70. The van der Waals surface area contributed by atoms with Gasteiger partial charge in [0.15, 0.2) is 0 Å². The van der Waals surface area contributed by atoms with Crippen molar-refractivity contribution in [3.05, 3.63) is 15.8 Å². The minimum Gasteiger partial charge on any atom is -0.462 e. The van der Waals surface area contributed by atoms with Gasteiger partial charge in [0.05, 0.1) is 10.6 Å². The van der Waals surface area contributed by atoms with Crippen LogP contribution in [0, 0.1) is 6.92 Å². The molecule has 0 fully saturated rings. The summed E-state index contributed by atoms with van der Waals surface area (Å²) in [7, 11) is 0. The van der Waals surface area contributed by atoms with E-state index in [4.69, 9.17) is 5.73 Å². The number of aryl methyl sites for hydroxylation is 1. The lowest BCUT2D eigenvalue weighted by molar-refractivity contribution is -0.129. The topological polar surface area (TPSA) is 52.3 Å². The molecule has 1 rings (SSSR count). The number of carbonyl (C=O) groups is 1. The summed E-state index contributed by atoms with van der Waals surface area (Å²) in [5, 5.41) is 1.94. The van der Waals surface area contributed by atoms with Crippen LogP contribution in [0.1, 0.15) is 10.4 Å². The van der Waals surface area contributed by atoms with Gasteiger partial charge in [-0.3, -0.25) is 4.79 Å². The van der Waals surface area contributed by atoms with Gasteiger partial charge in [-0.1, -0.05) is 0 Å². The number of anilines is 1. The molecule has 0 aliphatic carbocycles. The smallest absolute Gasteiger partial charge is 0.293 e. The van der Waals surface area contributed by atoms with Crippen molar-refractivity contribution < 1.29 is 9.53 Å². The van der Waals surface area contributed by atoms with Gasteiger partial charge in [-0.15, -0.1) is 11.3 Å². The van der Waals surface area contributed by atoms with Gasteiger partial charge in [0.2, 0.25) is 0 Å². The average Bonchev–Trinajstić information content (AvgIpc) is 2.31. The molecule has 0 aromatic carbocycles. The summed E-state index contributed by atoms with van der Waals surface area (Å²) in [6, 6.07) is 0. The van der Waals surface area contributed by atoms with E-state index in [0.717, 1.165) is 16.1 Å². The predicted molar refractivity (Wildman–Crippen MR) is 44.3 cm³/mol. The zero-order chi connectivity index (χ0) is 8.27. The quantitative estimate of drug-likeness (QED) is 0.697. The lowest BCUT2D eigenvalue weighted by atomic mass is 10.3. The van der Waals surface area contributed by atoms with Crippen LogP contribution in [-0.4, -0.2) is 6.47 Å². The van der Waals surface area contributed by atoms with Crippen LogP contribution < -0.4 is 5.73 Å². The maximum atomic E-state index is 9.84. The number of nitrogen functional groups attached to an aromatic ring is 1. The monoisotopic (exact) mass is 171 g/mol. The molecular formula is C7H9NO2S. The van der Waals surface area contributed by atoms with Crippen molar-refractivity contribution in [1.82, 2.24) is 0 Å². The first-order valence-corrected chi connectivity index (χ1v) is 4.01. The van der Waals surface area contributed by atoms with Crippen molar-refractivity contribution in [2.24, 2.45) is 0 Å². The van der Waals surface area contributed by atoms with Crippen molar-refractivity contribution in [2.45, 2.75) is 13.5 Å². The molecule has 1 aromatic rings. The van der Waals surface area contributed by atoms with Crippen LogP contribution in [0.2, 0.25) is 0 Å². The van der Waals surface area contributed by atoms with Gasteiger partial charge >= 0.3 is 0 Å². The second kappa shape index (κ2) is 3.39. The molecule has 1 heterocycles. The zero-order valence-corrected chi connectivity index (χ0v) is 6.98. The average molecular weight is 171 g/mol. The lowest BCUT2D eigenvalue weighted by Gasteiger charge is -1.96. The first-order valence-electron chi connectivity index (χ1n) is 3.13. The number of hydrogen-bond donors (Lipinski definition) is 1. The fourth-order valence-corrected chi connectivity index (χ4v) is 1.60. The fourth-order valence-electron chi connectivity index (χ4n) is 0.728. The minimum atomic E-state index is 0.286. The highest BCUT2D eigenvalue weighted by Gasteiger charge is 2.03.